The molecule has 0 saturated carbocycles. The molecule has 0 saturated heterocycles. The Morgan fingerprint density at radius 3 is 2.67 bits per heavy atom. The molecule has 0 aromatic carbocycles. The van der Waals surface area contributed by atoms with E-state index in [-0.39, 0.29) is 6.04 Å². The van der Waals surface area contributed by atoms with Crippen LogP contribution in [0.3, 0.4) is 0 Å². The largest absolute Gasteiger partial charge is 0.397 e. The molecule has 0 aliphatic rings. The summed E-state index contributed by atoms with van der Waals surface area (Å²) in [5.74, 6) is -0.0142. The van der Waals surface area contributed by atoms with Crippen molar-refractivity contribution in [2.24, 2.45) is 5.73 Å². The van der Waals surface area contributed by atoms with E-state index in [2.05, 4.69) is 36.0 Å². The number of rotatable bonds is 9. The molecule has 1 heterocycles. The normalized spacial score (nSPS) is 12.4. The Morgan fingerprint density at radius 2 is 2.10 bits per heavy atom. The number of pyridine rings is 1. The summed E-state index contributed by atoms with van der Waals surface area (Å²) in [7, 11) is 0. The maximum absolute atomic E-state index is 11.4. The highest BCUT2D eigenvalue weighted by atomic mass is 16.1. The number of nitrogen functional groups attached to an aromatic ring is 1. The first kappa shape index (κ1) is 17.2. The van der Waals surface area contributed by atoms with Crippen molar-refractivity contribution in [1.82, 2.24) is 9.88 Å². The maximum Gasteiger partial charge on any atom is 0.252 e. The average molecular weight is 293 g/mol. The number of aromatic nitrogens is 1. The fourth-order valence-electron chi connectivity index (χ4n) is 2.25. The molecule has 1 atom stereocenters. The molecule has 1 unspecified atom stereocenters. The van der Waals surface area contributed by atoms with E-state index in [9.17, 15) is 4.79 Å². The van der Waals surface area contributed by atoms with Crippen molar-refractivity contribution in [3.8, 4) is 0 Å². The number of nitrogens with one attached hydrogen (secondary N) is 1. The summed E-state index contributed by atoms with van der Waals surface area (Å²) in [6.07, 6.45) is 3.62. The number of anilines is 2. The summed E-state index contributed by atoms with van der Waals surface area (Å²) >= 11 is 0. The lowest BCUT2D eigenvalue weighted by molar-refractivity contribution is 0.100. The van der Waals surface area contributed by atoms with Crippen LogP contribution in [0.2, 0.25) is 0 Å². The van der Waals surface area contributed by atoms with Crippen LogP contribution in [-0.4, -0.2) is 41.5 Å². The monoisotopic (exact) mass is 293 g/mol. The van der Waals surface area contributed by atoms with Gasteiger partial charge in [0.25, 0.3) is 5.91 Å². The number of carbonyl (C=O) groups excluding carboxylic acids is 1. The van der Waals surface area contributed by atoms with Crippen LogP contribution in [0.25, 0.3) is 0 Å². The third-order valence-electron chi connectivity index (χ3n) is 3.56. The molecule has 0 spiro atoms. The van der Waals surface area contributed by atoms with Crippen LogP contribution in [0.5, 0.6) is 0 Å². The first-order chi connectivity index (χ1) is 9.97. The van der Waals surface area contributed by atoms with E-state index >= 15 is 0 Å². The summed E-state index contributed by atoms with van der Waals surface area (Å²) < 4.78 is 0. The molecule has 0 aliphatic heterocycles. The van der Waals surface area contributed by atoms with Crippen molar-refractivity contribution in [2.75, 3.05) is 30.7 Å². The molecule has 118 valence electrons. The summed E-state index contributed by atoms with van der Waals surface area (Å²) in [6, 6.07) is 1.77. The number of hydrogen-bond donors (Lipinski definition) is 3. The molecule has 0 radical (unpaired) electrons. The zero-order valence-corrected chi connectivity index (χ0v) is 13.2. The minimum absolute atomic E-state index is 0.217. The highest BCUT2D eigenvalue weighted by molar-refractivity contribution is 5.98. The lowest BCUT2D eigenvalue weighted by atomic mass is 10.1. The standard InChI is InChI=1S/C15H27N5O/c1-4-20(5-2)8-6-7-11(3)19-15-13(14(17)21)9-12(16)10-18-15/h9-11H,4-8,16H2,1-3H3,(H2,17,21)(H,18,19). The average Bonchev–Trinajstić information content (AvgIpc) is 2.45. The number of hydrogen-bond acceptors (Lipinski definition) is 5. The van der Waals surface area contributed by atoms with Crippen LogP contribution >= 0.6 is 0 Å². The second-order valence-electron chi connectivity index (χ2n) is 5.24. The van der Waals surface area contributed by atoms with Crippen LogP contribution in [0.4, 0.5) is 11.5 Å². The van der Waals surface area contributed by atoms with Gasteiger partial charge in [-0.1, -0.05) is 13.8 Å². The van der Waals surface area contributed by atoms with E-state index in [4.69, 9.17) is 11.5 Å². The molecular weight excluding hydrogens is 266 g/mol. The second kappa shape index (κ2) is 8.46. The molecule has 21 heavy (non-hydrogen) atoms. The molecule has 1 rings (SSSR count). The fourth-order valence-corrected chi connectivity index (χ4v) is 2.25. The van der Waals surface area contributed by atoms with Gasteiger partial charge in [-0.15, -0.1) is 0 Å². The van der Waals surface area contributed by atoms with Crippen LogP contribution in [-0.2, 0) is 0 Å². The molecule has 6 nitrogen and oxygen atoms in total. The summed E-state index contributed by atoms with van der Waals surface area (Å²) in [6.45, 7) is 9.64. The Hall–Kier alpha value is -1.82. The number of primary amides is 1. The molecule has 0 aliphatic carbocycles. The Kier molecular flexibility index (Phi) is 6.94. The van der Waals surface area contributed by atoms with Gasteiger partial charge in [-0.05, 0) is 45.5 Å². The van der Waals surface area contributed by atoms with Crippen LogP contribution < -0.4 is 16.8 Å². The topological polar surface area (TPSA) is 97.3 Å². The zero-order chi connectivity index (χ0) is 15.8. The van der Waals surface area contributed by atoms with Gasteiger partial charge in [-0.25, -0.2) is 4.98 Å². The molecule has 1 amide bonds. The number of nitrogens with zero attached hydrogens (tertiary/aromatic N) is 2. The molecule has 1 aromatic heterocycles. The molecular formula is C15H27N5O. The minimum Gasteiger partial charge on any atom is -0.397 e. The van der Waals surface area contributed by atoms with Crippen molar-refractivity contribution in [2.45, 2.75) is 39.7 Å². The van der Waals surface area contributed by atoms with E-state index < -0.39 is 5.91 Å². The number of nitrogens with two attached hydrogens (primary N) is 2. The SMILES string of the molecule is CCN(CC)CCCC(C)Nc1ncc(N)cc1C(N)=O. The van der Waals surface area contributed by atoms with E-state index in [1.165, 1.54) is 6.20 Å². The predicted octanol–water partition coefficient (Wildman–Crippen LogP) is 1.69. The van der Waals surface area contributed by atoms with Crippen LogP contribution in [0.1, 0.15) is 44.0 Å². The Morgan fingerprint density at radius 1 is 1.43 bits per heavy atom. The molecule has 1 aromatic rings. The van der Waals surface area contributed by atoms with Gasteiger partial charge >= 0.3 is 0 Å². The molecule has 6 heteroatoms. The molecule has 0 fully saturated rings. The van der Waals surface area contributed by atoms with Gasteiger partial charge in [-0.2, -0.15) is 0 Å². The Labute approximate surface area is 126 Å². The number of amides is 1. The zero-order valence-electron chi connectivity index (χ0n) is 13.2. The van der Waals surface area contributed by atoms with Gasteiger partial charge in [0.15, 0.2) is 0 Å². The first-order valence-electron chi connectivity index (χ1n) is 7.52. The quantitative estimate of drug-likeness (QED) is 0.643. The van der Waals surface area contributed by atoms with Crippen LogP contribution in [0.15, 0.2) is 12.3 Å². The lowest BCUT2D eigenvalue weighted by Gasteiger charge is -2.20. The van der Waals surface area contributed by atoms with Crippen molar-refractivity contribution in [3.63, 3.8) is 0 Å². The van der Waals surface area contributed by atoms with Gasteiger partial charge in [0.1, 0.15) is 5.82 Å². The maximum atomic E-state index is 11.4. The van der Waals surface area contributed by atoms with E-state index in [1.54, 1.807) is 6.07 Å². The van der Waals surface area contributed by atoms with Crippen molar-refractivity contribution < 1.29 is 4.79 Å². The van der Waals surface area contributed by atoms with Gasteiger partial charge in [0, 0.05) is 6.04 Å². The van der Waals surface area contributed by atoms with Crippen molar-refractivity contribution in [3.05, 3.63) is 17.8 Å². The third-order valence-corrected chi connectivity index (χ3v) is 3.56. The Bertz CT molecular complexity index is 459. The molecule has 0 bridgehead atoms. The van der Waals surface area contributed by atoms with Gasteiger partial charge in [0.2, 0.25) is 0 Å². The smallest absolute Gasteiger partial charge is 0.252 e. The highest BCUT2D eigenvalue weighted by Crippen LogP contribution is 2.17. The fraction of sp³-hybridized carbons (Fsp3) is 0.600. The lowest BCUT2D eigenvalue weighted by Crippen LogP contribution is -2.26. The van der Waals surface area contributed by atoms with Crippen molar-refractivity contribution >= 4 is 17.4 Å². The van der Waals surface area contributed by atoms with E-state index in [0.717, 1.165) is 32.5 Å². The third kappa shape index (κ3) is 5.59. The number of carbonyl (C=O) groups is 1. The van der Waals surface area contributed by atoms with Crippen LogP contribution in [0, 0.1) is 0 Å². The Balaban J connectivity index is 2.55. The van der Waals surface area contributed by atoms with Gasteiger partial charge < -0.3 is 21.7 Å². The second-order valence-corrected chi connectivity index (χ2v) is 5.24. The van der Waals surface area contributed by atoms with Gasteiger partial charge in [0.05, 0.1) is 17.4 Å². The first-order valence-corrected chi connectivity index (χ1v) is 7.52. The van der Waals surface area contributed by atoms with E-state index in [1.807, 2.05) is 0 Å². The summed E-state index contributed by atoms with van der Waals surface area (Å²) in [4.78, 5) is 18.0. The summed E-state index contributed by atoms with van der Waals surface area (Å²) in [5.41, 5.74) is 11.8. The van der Waals surface area contributed by atoms with Gasteiger partial charge in [-0.3, -0.25) is 4.79 Å². The predicted molar refractivity (Wildman–Crippen MR) is 87.3 cm³/mol. The summed E-state index contributed by atoms with van der Waals surface area (Å²) in [5, 5.41) is 3.24. The highest BCUT2D eigenvalue weighted by Gasteiger charge is 2.12. The van der Waals surface area contributed by atoms with Crippen molar-refractivity contribution in [1.29, 1.82) is 0 Å². The van der Waals surface area contributed by atoms with E-state index in [0.29, 0.717) is 17.1 Å². The molecule has 5 N–H and O–H groups in total. The minimum atomic E-state index is -0.521.